The number of aromatic nitrogens is 2. The third kappa shape index (κ3) is 7.34. The number of nitrogens with one attached hydrogen (secondary N) is 3. The van der Waals surface area contributed by atoms with E-state index in [0.29, 0.717) is 30.7 Å². The summed E-state index contributed by atoms with van der Waals surface area (Å²) in [6.45, 7) is 4.87. The van der Waals surface area contributed by atoms with Crippen LogP contribution in [0.3, 0.4) is 0 Å². The van der Waals surface area contributed by atoms with Crippen LogP contribution in [0.1, 0.15) is 17.8 Å². The lowest BCUT2D eigenvalue weighted by atomic mass is 10.3. The third-order valence-electron chi connectivity index (χ3n) is 3.40. The second-order valence-electron chi connectivity index (χ2n) is 5.88. The number of thiocarbonyl (C=S) groups is 1. The molecule has 0 spiro atoms. The van der Waals surface area contributed by atoms with Crippen LogP contribution in [-0.2, 0) is 4.74 Å². The number of halogens is 2. The lowest BCUT2D eigenvalue weighted by Crippen LogP contribution is -2.39. The summed E-state index contributed by atoms with van der Waals surface area (Å²) in [6, 6.07) is 6.11. The largest absolute Gasteiger partial charge is 0.385 e. The minimum absolute atomic E-state index is 0.00279. The van der Waals surface area contributed by atoms with Crippen LogP contribution in [0, 0.1) is 19.7 Å². The maximum Gasteiger partial charge on any atom is 0.229 e. The quantitative estimate of drug-likeness (QED) is 0.282. The molecule has 2 aromatic rings. The number of nitrogens with zero attached hydrogens (tertiary/aromatic N) is 3. The van der Waals surface area contributed by atoms with E-state index >= 15 is 0 Å². The lowest BCUT2D eigenvalue weighted by Gasteiger charge is -2.14. The molecule has 1 aromatic carbocycles. The Morgan fingerprint density at radius 1 is 1.21 bits per heavy atom. The normalized spacial score (nSPS) is 11.2. The van der Waals surface area contributed by atoms with Gasteiger partial charge in [-0.25, -0.2) is 14.4 Å². The number of guanidine groups is 1. The van der Waals surface area contributed by atoms with Gasteiger partial charge in [0.15, 0.2) is 5.11 Å². The average molecular weight is 425 g/mol. The summed E-state index contributed by atoms with van der Waals surface area (Å²) < 4.78 is 18.3. The van der Waals surface area contributed by atoms with Crippen molar-refractivity contribution in [1.29, 1.82) is 0 Å². The molecule has 28 heavy (non-hydrogen) atoms. The maximum absolute atomic E-state index is 13.3. The molecule has 3 N–H and O–H groups in total. The topological polar surface area (TPSA) is 83.5 Å². The lowest BCUT2D eigenvalue weighted by molar-refractivity contribution is 0.197. The van der Waals surface area contributed by atoms with Crippen molar-refractivity contribution in [2.45, 2.75) is 20.3 Å². The van der Waals surface area contributed by atoms with Crippen LogP contribution in [0.4, 0.5) is 16.0 Å². The summed E-state index contributed by atoms with van der Waals surface area (Å²) >= 11 is 11.1. The molecule has 0 fully saturated rings. The van der Waals surface area contributed by atoms with Gasteiger partial charge in [-0.3, -0.25) is 10.3 Å². The van der Waals surface area contributed by atoms with Crippen molar-refractivity contribution in [2.75, 3.05) is 30.9 Å². The number of hydrogen-bond donors (Lipinski definition) is 3. The van der Waals surface area contributed by atoms with Crippen LogP contribution in [0.2, 0.25) is 5.02 Å². The van der Waals surface area contributed by atoms with Gasteiger partial charge in [-0.1, -0.05) is 11.6 Å². The Morgan fingerprint density at radius 2 is 1.93 bits per heavy atom. The summed E-state index contributed by atoms with van der Waals surface area (Å²) in [7, 11) is 1.64. The predicted octanol–water partition coefficient (Wildman–Crippen LogP) is 3.68. The van der Waals surface area contributed by atoms with Crippen molar-refractivity contribution in [3.63, 3.8) is 0 Å². The highest BCUT2D eigenvalue weighted by Gasteiger charge is 2.08. The molecule has 0 atom stereocenters. The fraction of sp³-hybridized carbons (Fsp3) is 0.333. The average Bonchev–Trinajstić information content (AvgIpc) is 2.61. The first-order chi connectivity index (χ1) is 13.4. The molecular formula is C18H22ClFN6OS. The summed E-state index contributed by atoms with van der Waals surface area (Å²) in [4.78, 5) is 13.1. The Morgan fingerprint density at radius 3 is 2.57 bits per heavy atom. The van der Waals surface area contributed by atoms with E-state index < -0.39 is 5.82 Å². The van der Waals surface area contributed by atoms with Gasteiger partial charge in [-0.05, 0) is 56.8 Å². The molecule has 0 unspecified atom stereocenters. The minimum atomic E-state index is -0.500. The van der Waals surface area contributed by atoms with Gasteiger partial charge in [0, 0.05) is 37.3 Å². The highest BCUT2D eigenvalue weighted by molar-refractivity contribution is 7.80. The number of rotatable bonds is 6. The van der Waals surface area contributed by atoms with Gasteiger partial charge in [-0.15, -0.1) is 0 Å². The zero-order valence-electron chi connectivity index (χ0n) is 15.8. The second-order valence-corrected chi connectivity index (χ2v) is 6.70. The first-order valence-electron chi connectivity index (χ1n) is 8.53. The molecule has 2 rings (SSSR count). The predicted molar refractivity (Wildman–Crippen MR) is 115 cm³/mol. The Bertz CT molecular complexity index is 844. The zero-order chi connectivity index (χ0) is 20.5. The van der Waals surface area contributed by atoms with Gasteiger partial charge < -0.3 is 15.4 Å². The van der Waals surface area contributed by atoms with Gasteiger partial charge >= 0.3 is 0 Å². The molecular weight excluding hydrogens is 403 g/mol. The van der Waals surface area contributed by atoms with E-state index in [1.807, 2.05) is 19.9 Å². The van der Waals surface area contributed by atoms with E-state index in [4.69, 9.17) is 28.6 Å². The number of ether oxygens (including phenoxy) is 1. The fourth-order valence-electron chi connectivity index (χ4n) is 2.24. The number of anilines is 2. The molecule has 0 amide bonds. The molecule has 7 nitrogen and oxygen atoms in total. The molecule has 0 saturated carbocycles. The summed E-state index contributed by atoms with van der Waals surface area (Å²) in [5, 5.41) is 9.19. The SMILES string of the molecule is COCCCN=C(NC(=S)Nc1ccc(F)c(Cl)c1)Nc1nc(C)cc(C)n1. The molecule has 0 radical (unpaired) electrons. The van der Waals surface area contributed by atoms with Gasteiger partial charge in [-0.2, -0.15) is 0 Å². The molecule has 0 aliphatic rings. The van der Waals surface area contributed by atoms with Crippen molar-refractivity contribution in [3.8, 4) is 0 Å². The Kier molecular flexibility index (Phi) is 8.49. The molecule has 0 aliphatic heterocycles. The highest BCUT2D eigenvalue weighted by Crippen LogP contribution is 2.19. The van der Waals surface area contributed by atoms with Crippen molar-refractivity contribution in [2.24, 2.45) is 4.99 Å². The second kappa shape index (κ2) is 10.8. The molecule has 1 heterocycles. The number of aryl methyl sites for hydroxylation is 2. The summed E-state index contributed by atoms with van der Waals surface area (Å²) in [5.41, 5.74) is 2.20. The van der Waals surface area contributed by atoms with E-state index in [1.165, 1.54) is 18.2 Å². The minimum Gasteiger partial charge on any atom is -0.385 e. The monoisotopic (exact) mass is 424 g/mol. The van der Waals surface area contributed by atoms with Crippen molar-refractivity contribution < 1.29 is 9.13 Å². The van der Waals surface area contributed by atoms with Gasteiger partial charge in [0.1, 0.15) is 5.82 Å². The van der Waals surface area contributed by atoms with E-state index in [0.717, 1.165) is 17.8 Å². The van der Waals surface area contributed by atoms with Gasteiger partial charge in [0.05, 0.1) is 5.02 Å². The first-order valence-corrected chi connectivity index (χ1v) is 9.31. The third-order valence-corrected chi connectivity index (χ3v) is 3.89. The summed E-state index contributed by atoms with van der Waals surface area (Å²) in [5.74, 6) is 0.287. The van der Waals surface area contributed by atoms with Crippen molar-refractivity contribution in [3.05, 3.63) is 46.5 Å². The van der Waals surface area contributed by atoms with E-state index in [-0.39, 0.29) is 10.1 Å². The first kappa shape index (κ1) is 21.9. The van der Waals surface area contributed by atoms with Crippen molar-refractivity contribution in [1.82, 2.24) is 15.3 Å². The maximum atomic E-state index is 13.3. The molecule has 1 aromatic heterocycles. The molecule has 0 saturated heterocycles. The molecule has 0 bridgehead atoms. The fourth-order valence-corrected chi connectivity index (χ4v) is 2.64. The number of aliphatic imine (C=N–C) groups is 1. The highest BCUT2D eigenvalue weighted by atomic mass is 35.5. The van der Waals surface area contributed by atoms with Crippen LogP contribution in [-0.4, -0.2) is 41.3 Å². The summed E-state index contributed by atoms with van der Waals surface area (Å²) in [6.07, 6.45) is 0.741. The molecule has 0 aliphatic carbocycles. The smallest absolute Gasteiger partial charge is 0.229 e. The molecule has 10 heteroatoms. The van der Waals surface area contributed by atoms with Gasteiger partial charge in [0.25, 0.3) is 0 Å². The van der Waals surface area contributed by atoms with Crippen molar-refractivity contribution >= 4 is 46.5 Å². The van der Waals surface area contributed by atoms with Crippen LogP contribution in [0.25, 0.3) is 0 Å². The zero-order valence-corrected chi connectivity index (χ0v) is 17.4. The number of benzene rings is 1. The van der Waals surface area contributed by atoms with E-state index in [2.05, 4.69) is 30.9 Å². The number of hydrogen-bond acceptors (Lipinski definition) is 5. The van der Waals surface area contributed by atoms with Crippen LogP contribution in [0.5, 0.6) is 0 Å². The molecule has 150 valence electrons. The standard InChI is InChI=1S/C18H22ClFN6OS/c1-11-9-12(2)23-17(22-11)25-16(21-7-4-8-27-3)26-18(28)24-13-5-6-15(20)14(19)10-13/h5-6,9-10H,4,7-8H2,1-3H3,(H3,21,22,23,24,25,26,28). The Hall–Kier alpha value is -2.36. The van der Waals surface area contributed by atoms with E-state index in [1.54, 1.807) is 7.11 Å². The van der Waals surface area contributed by atoms with Gasteiger partial charge in [0.2, 0.25) is 11.9 Å². The van der Waals surface area contributed by atoms with Crippen LogP contribution in [0.15, 0.2) is 29.3 Å². The van der Waals surface area contributed by atoms with Crippen LogP contribution >= 0.6 is 23.8 Å². The van der Waals surface area contributed by atoms with E-state index in [9.17, 15) is 4.39 Å². The Balaban J connectivity index is 2.09. The Labute approximate surface area is 173 Å². The van der Waals surface area contributed by atoms with Crippen LogP contribution < -0.4 is 16.0 Å². The number of methoxy groups -OCH3 is 1.